The molecule has 3 aromatic rings. The maximum Gasteiger partial charge on any atom is 0.256 e. The van der Waals surface area contributed by atoms with Gasteiger partial charge in [0.25, 0.3) is 5.22 Å². The minimum Gasteiger partial charge on any atom is -0.429 e. The van der Waals surface area contributed by atoms with Crippen molar-refractivity contribution in [1.82, 2.24) is 4.98 Å². The zero-order valence-corrected chi connectivity index (χ0v) is 19.7. The summed E-state index contributed by atoms with van der Waals surface area (Å²) in [5.74, 6) is 1.74. The number of nitrogens with two attached hydrogens (primary N) is 1. The summed E-state index contributed by atoms with van der Waals surface area (Å²) in [4.78, 5) is 17.1. The highest BCUT2D eigenvalue weighted by molar-refractivity contribution is 7.99. The second-order valence-corrected chi connectivity index (χ2v) is 9.55. The molecule has 0 spiro atoms. The van der Waals surface area contributed by atoms with E-state index in [0.29, 0.717) is 34.7 Å². The molecule has 166 valence electrons. The number of fused-ring (bicyclic) bond motifs is 1. The molecule has 1 amide bonds. The molecular weight excluding hydrogens is 406 g/mol. The van der Waals surface area contributed by atoms with E-state index in [4.69, 9.17) is 10.2 Å². The van der Waals surface area contributed by atoms with E-state index in [1.807, 2.05) is 18.2 Å². The highest BCUT2D eigenvalue weighted by Gasteiger charge is 2.16. The van der Waals surface area contributed by atoms with Crippen molar-refractivity contribution in [3.63, 3.8) is 0 Å². The molecule has 0 aliphatic carbocycles. The molecule has 0 saturated carbocycles. The van der Waals surface area contributed by atoms with Gasteiger partial charge in [0.2, 0.25) is 5.91 Å². The van der Waals surface area contributed by atoms with Gasteiger partial charge in [-0.15, -0.1) is 0 Å². The average molecular weight is 440 g/mol. The van der Waals surface area contributed by atoms with Gasteiger partial charge in [-0.05, 0) is 47.9 Å². The van der Waals surface area contributed by atoms with Crippen molar-refractivity contribution in [2.24, 2.45) is 0 Å². The summed E-state index contributed by atoms with van der Waals surface area (Å²) in [5.41, 5.74) is 11.4. The van der Waals surface area contributed by atoms with Gasteiger partial charge in [0.1, 0.15) is 5.52 Å². The Labute approximate surface area is 189 Å². The molecule has 0 fully saturated rings. The monoisotopic (exact) mass is 439 g/mol. The minimum absolute atomic E-state index is 0.0945. The normalized spacial score (nSPS) is 11.5. The Morgan fingerprint density at radius 3 is 2.35 bits per heavy atom. The summed E-state index contributed by atoms with van der Waals surface area (Å²) in [6.07, 6.45) is 3.40. The molecule has 2 aromatic carbocycles. The number of hydrogen-bond acceptors (Lipinski definition) is 5. The van der Waals surface area contributed by atoms with Crippen LogP contribution in [0.2, 0.25) is 0 Å². The van der Waals surface area contributed by atoms with Crippen LogP contribution in [0.4, 0.5) is 11.4 Å². The third-order valence-corrected chi connectivity index (χ3v) is 6.25. The summed E-state index contributed by atoms with van der Waals surface area (Å²) >= 11 is 1.59. The van der Waals surface area contributed by atoms with E-state index in [-0.39, 0.29) is 5.91 Å². The maximum atomic E-state index is 12.6. The molecule has 0 atom stereocenters. The van der Waals surface area contributed by atoms with Crippen molar-refractivity contribution in [3.8, 4) is 0 Å². The Balaban J connectivity index is 1.44. The van der Waals surface area contributed by atoms with Crippen LogP contribution >= 0.6 is 11.8 Å². The van der Waals surface area contributed by atoms with E-state index >= 15 is 0 Å². The number of carbonyl (C=O) groups is 1. The number of nitrogen functional groups attached to an aromatic ring is 1. The van der Waals surface area contributed by atoms with Crippen LogP contribution in [-0.2, 0) is 4.79 Å². The van der Waals surface area contributed by atoms with Crippen LogP contribution in [0.3, 0.4) is 0 Å². The van der Waals surface area contributed by atoms with Crippen molar-refractivity contribution in [2.45, 2.75) is 70.4 Å². The van der Waals surface area contributed by atoms with Crippen molar-refractivity contribution < 1.29 is 9.21 Å². The third-order valence-electron chi connectivity index (χ3n) is 5.34. The number of benzene rings is 2. The number of para-hydroxylation sites is 2. The topological polar surface area (TPSA) is 81.2 Å². The first-order valence-electron chi connectivity index (χ1n) is 11.1. The van der Waals surface area contributed by atoms with Crippen LogP contribution in [0.25, 0.3) is 11.1 Å². The summed E-state index contributed by atoms with van der Waals surface area (Å²) in [6.45, 7) is 8.66. The fourth-order valence-corrected chi connectivity index (χ4v) is 4.46. The van der Waals surface area contributed by atoms with E-state index < -0.39 is 0 Å². The highest BCUT2D eigenvalue weighted by Crippen LogP contribution is 2.32. The van der Waals surface area contributed by atoms with Gasteiger partial charge in [-0.25, -0.2) is 4.98 Å². The molecule has 3 rings (SSSR count). The van der Waals surface area contributed by atoms with Crippen molar-refractivity contribution in [2.75, 3.05) is 16.8 Å². The fraction of sp³-hybridized carbons (Fsp3) is 0.440. The molecule has 0 aliphatic rings. The smallest absolute Gasteiger partial charge is 0.256 e. The van der Waals surface area contributed by atoms with Crippen molar-refractivity contribution in [1.29, 1.82) is 0 Å². The third kappa shape index (κ3) is 6.03. The SMILES string of the molecule is CC(C)c1cccc(C(C)C)c1NC(=O)CCCCCSc1nc2cccc(N)c2o1. The number of amides is 1. The largest absolute Gasteiger partial charge is 0.429 e. The second-order valence-electron chi connectivity index (χ2n) is 8.50. The molecule has 6 heteroatoms. The van der Waals surface area contributed by atoms with Crippen LogP contribution in [0, 0.1) is 0 Å². The summed E-state index contributed by atoms with van der Waals surface area (Å²) in [6, 6.07) is 11.9. The molecule has 1 heterocycles. The number of aromatic nitrogens is 1. The lowest BCUT2D eigenvalue weighted by atomic mass is 9.92. The molecule has 0 aliphatic heterocycles. The number of carbonyl (C=O) groups excluding carboxylic acids is 1. The Bertz CT molecular complexity index is 1000. The lowest BCUT2D eigenvalue weighted by molar-refractivity contribution is -0.116. The average Bonchev–Trinajstić information content (AvgIpc) is 3.14. The Kier molecular flexibility index (Phi) is 8.02. The fourth-order valence-electron chi connectivity index (χ4n) is 3.63. The van der Waals surface area contributed by atoms with Gasteiger partial charge in [-0.3, -0.25) is 4.79 Å². The number of anilines is 2. The molecular formula is C25H33N3O2S. The number of oxazole rings is 1. The quantitative estimate of drug-likeness (QED) is 0.203. The van der Waals surface area contributed by atoms with Crippen LogP contribution < -0.4 is 11.1 Å². The number of thioether (sulfide) groups is 1. The van der Waals surface area contributed by atoms with Crippen LogP contribution in [0.5, 0.6) is 0 Å². The van der Waals surface area contributed by atoms with E-state index in [2.05, 4.69) is 56.2 Å². The van der Waals surface area contributed by atoms with E-state index in [1.165, 1.54) is 11.1 Å². The lowest BCUT2D eigenvalue weighted by Gasteiger charge is -2.20. The van der Waals surface area contributed by atoms with Crippen LogP contribution in [0.15, 0.2) is 46.0 Å². The van der Waals surface area contributed by atoms with E-state index in [1.54, 1.807) is 11.8 Å². The maximum absolute atomic E-state index is 12.6. The van der Waals surface area contributed by atoms with Gasteiger partial charge in [0.05, 0.1) is 5.69 Å². The predicted molar refractivity (Wildman–Crippen MR) is 131 cm³/mol. The first-order chi connectivity index (χ1) is 14.9. The second kappa shape index (κ2) is 10.7. The molecule has 0 radical (unpaired) electrons. The Hall–Kier alpha value is -2.47. The first-order valence-corrected chi connectivity index (χ1v) is 12.1. The van der Waals surface area contributed by atoms with Gasteiger partial charge in [-0.2, -0.15) is 0 Å². The molecule has 31 heavy (non-hydrogen) atoms. The molecule has 3 N–H and O–H groups in total. The standard InChI is InChI=1S/C25H33N3O2S/c1-16(2)18-10-8-11-19(17(3)4)23(18)28-22(29)14-6-5-7-15-31-25-27-21-13-9-12-20(26)24(21)30-25/h8-13,16-17H,5-7,14-15,26H2,1-4H3,(H,28,29). The van der Waals surface area contributed by atoms with Gasteiger partial charge >= 0.3 is 0 Å². The first kappa shape index (κ1) is 23.2. The molecule has 5 nitrogen and oxygen atoms in total. The molecule has 1 aromatic heterocycles. The van der Waals surface area contributed by atoms with Crippen molar-refractivity contribution >= 4 is 40.1 Å². The minimum atomic E-state index is 0.0945. The number of hydrogen-bond donors (Lipinski definition) is 2. The zero-order valence-electron chi connectivity index (χ0n) is 18.9. The number of nitrogens with one attached hydrogen (secondary N) is 1. The summed E-state index contributed by atoms with van der Waals surface area (Å²) in [7, 11) is 0. The van der Waals surface area contributed by atoms with Crippen LogP contribution in [-0.4, -0.2) is 16.6 Å². The van der Waals surface area contributed by atoms with Gasteiger partial charge in [0.15, 0.2) is 5.58 Å². The van der Waals surface area contributed by atoms with E-state index in [9.17, 15) is 4.79 Å². The molecule has 0 bridgehead atoms. The zero-order chi connectivity index (χ0) is 22.4. The van der Waals surface area contributed by atoms with Crippen molar-refractivity contribution in [3.05, 3.63) is 47.5 Å². The van der Waals surface area contributed by atoms with Gasteiger partial charge in [0, 0.05) is 17.9 Å². The van der Waals surface area contributed by atoms with Crippen LogP contribution in [0.1, 0.15) is 76.3 Å². The Morgan fingerprint density at radius 2 is 1.71 bits per heavy atom. The molecule has 0 unspecified atom stereocenters. The molecule has 0 saturated heterocycles. The lowest BCUT2D eigenvalue weighted by Crippen LogP contribution is -2.15. The predicted octanol–water partition coefficient (Wildman–Crippen LogP) is 6.95. The number of nitrogens with zero attached hydrogens (tertiary/aromatic N) is 1. The highest BCUT2D eigenvalue weighted by atomic mass is 32.2. The number of unbranched alkanes of at least 4 members (excludes halogenated alkanes) is 2. The summed E-state index contributed by atoms with van der Waals surface area (Å²) < 4.78 is 5.73. The summed E-state index contributed by atoms with van der Waals surface area (Å²) in [5, 5.41) is 3.85. The number of rotatable bonds is 10. The van der Waals surface area contributed by atoms with E-state index in [0.717, 1.165) is 36.2 Å². The van der Waals surface area contributed by atoms with Gasteiger partial charge < -0.3 is 15.5 Å². The Morgan fingerprint density at radius 1 is 1.03 bits per heavy atom. The van der Waals surface area contributed by atoms with Gasteiger partial charge in [-0.1, -0.05) is 70.1 Å².